The summed E-state index contributed by atoms with van der Waals surface area (Å²) < 4.78 is 90.9. The van der Waals surface area contributed by atoms with Gasteiger partial charge in [-0.15, -0.1) is 0 Å². The number of aromatic nitrogens is 3. The van der Waals surface area contributed by atoms with E-state index in [2.05, 4.69) is 10.1 Å². The fourth-order valence-electron chi connectivity index (χ4n) is 2.49. The van der Waals surface area contributed by atoms with Gasteiger partial charge in [-0.05, 0) is 19.1 Å². The number of hydrogen-bond donors (Lipinski definition) is 0. The van der Waals surface area contributed by atoms with E-state index in [-0.39, 0.29) is 17.4 Å². The summed E-state index contributed by atoms with van der Waals surface area (Å²) in [5, 5.41) is 3.71. The van der Waals surface area contributed by atoms with Gasteiger partial charge in [0.05, 0.1) is 18.1 Å². The van der Waals surface area contributed by atoms with E-state index in [1.807, 2.05) is 0 Å². The predicted octanol–water partition coefficient (Wildman–Crippen LogP) is 4.89. The van der Waals surface area contributed by atoms with Crippen LogP contribution in [-0.2, 0) is 4.79 Å². The normalized spacial score (nSPS) is 12.9. The van der Waals surface area contributed by atoms with Gasteiger partial charge in [0.25, 0.3) is 5.67 Å². The monoisotopic (exact) mass is 446 g/mol. The zero-order valence-electron chi connectivity index (χ0n) is 14.7. The molecular formula is C16H14ClF7N4O. The zero-order valence-corrected chi connectivity index (χ0v) is 15.5. The van der Waals surface area contributed by atoms with Crippen molar-refractivity contribution in [2.24, 2.45) is 0 Å². The van der Waals surface area contributed by atoms with Gasteiger partial charge in [0.1, 0.15) is 5.69 Å². The van der Waals surface area contributed by atoms with E-state index in [1.165, 1.54) is 30.2 Å². The van der Waals surface area contributed by atoms with E-state index in [9.17, 15) is 35.5 Å². The van der Waals surface area contributed by atoms with Crippen LogP contribution in [0.15, 0.2) is 30.7 Å². The molecule has 0 spiro atoms. The highest BCUT2D eigenvalue weighted by Crippen LogP contribution is 2.49. The number of pyridine rings is 1. The average Bonchev–Trinajstić information content (AvgIpc) is 3.01. The minimum absolute atomic E-state index is 0.0495. The first-order valence-electron chi connectivity index (χ1n) is 8.10. The highest BCUT2D eigenvalue weighted by molar-refractivity contribution is 6.32. The molecule has 160 valence electrons. The first-order valence-corrected chi connectivity index (χ1v) is 8.48. The van der Waals surface area contributed by atoms with E-state index in [4.69, 9.17) is 11.6 Å². The van der Waals surface area contributed by atoms with Crippen molar-refractivity contribution >= 4 is 23.2 Å². The second-order valence-electron chi connectivity index (χ2n) is 5.90. The molecule has 5 nitrogen and oxygen atoms in total. The molecule has 0 unspecified atom stereocenters. The van der Waals surface area contributed by atoms with E-state index in [1.54, 1.807) is 12.1 Å². The summed E-state index contributed by atoms with van der Waals surface area (Å²) in [5.74, 6) is -1.17. The van der Waals surface area contributed by atoms with Crippen molar-refractivity contribution in [2.75, 3.05) is 11.4 Å². The fourth-order valence-corrected chi connectivity index (χ4v) is 2.72. The number of anilines is 1. The van der Waals surface area contributed by atoms with E-state index in [0.29, 0.717) is 5.69 Å². The maximum atomic E-state index is 13.8. The molecule has 0 radical (unpaired) electrons. The molecule has 2 aromatic heterocycles. The summed E-state index contributed by atoms with van der Waals surface area (Å²) >= 11 is 5.97. The SMILES string of the molecule is CCN(C(=O)CCC(F)(C(F)(F)F)C(F)(F)F)c1cn(-c2cccnc2)nc1Cl. The van der Waals surface area contributed by atoms with Gasteiger partial charge >= 0.3 is 12.4 Å². The van der Waals surface area contributed by atoms with Crippen molar-refractivity contribution in [3.05, 3.63) is 35.9 Å². The zero-order chi connectivity index (χ0) is 22.0. The van der Waals surface area contributed by atoms with Gasteiger partial charge < -0.3 is 4.90 Å². The van der Waals surface area contributed by atoms with Crippen LogP contribution < -0.4 is 4.90 Å². The van der Waals surface area contributed by atoms with Crippen LogP contribution in [0, 0.1) is 0 Å². The number of hydrogen-bond acceptors (Lipinski definition) is 3. The van der Waals surface area contributed by atoms with Crippen molar-refractivity contribution in [2.45, 2.75) is 37.8 Å². The van der Waals surface area contributed by atoms with Crippen molar-refractivity contribution in [3.63, 3.8) is 0 Å². The first kappa shape index (κ1) is 22.9. The number of amides is 1. The Morgan fingerprint density at radius 3 is 2.28 bits per heavy atom. The molecule has 2 heterocycles. The minimum Gasteiger partial charge on any atom is -0.309 e. The summed E-state index contributed by atoms with van der Waals surface area (Å²) in [6.45, 7) is 1.28. The molecule has 13 heteroatoms. The fraction of sp³-hybridized carbons (Fsp3) is 0.438. The smallest absolute Gasteiger partial charge is 0.309 e. The lowest BCUT2D eigenvalue weighted by molar-refractivity contribution is -0.342. The van der Waals surface area contributed by atoms with Gasteiger partial charge in [-0.25, -0.2) is 9.07 Å². The third kappa shape index (κ3) is 4.62. The van der Waals surface area contributed by atoms with E-state index in [0.717, 1.165) is 4.90 Å². The lowest BCUT2D eigenvalue weighted by Gasteiger charge is -2.30. The number of halogens is 8. The summed E-state index contributed by atoms with van der Waals surface area (Å²) in [5.41, 5.74) is -5.11. The molecule has 0 aliphatic heterocycles. The van der Waals surface area contributed by atoms with Crippen molar-refractivity contribution in [1.82, 2.24) is 14.8 Å². The topological polar surface area (TPSA) is 51.0 Å². The third-order valence-corrected chi connectivity index (χ3v) is 4.32. The Morgan fingerprint density at radius 1 is 1.17 bits per heavy atom. The molecule has 0 bridgehead atoms. The quantitative estimate of drug-likeness (QED) is 0.594. The molecule has 2 rings (SSSR count). The molecule has 0 saturated carbocycles. The number of rotatable bonds is 6. The molecule has 29 heavy (non-hydrogen) atoms. The molecule has 0 aliphatic carbocycles. The van der Waals surface area contributed by atoms with Gasteiger partial charge in [-0.2, -0.15) is 31.4 Å². The molecule has 0 atom stereocenters. The van der Waals surface area contributed by atoms with Crippen LogP contribution in [0.2, 0.25) is 5.15 Å². The molecule has 0 aliphatic rings. The second kappa shape index (κ2) is 8.17. The maximum absolute atomic E-state index is 13.8. The van der Waals surface area contributed by atoms with Crippen LogP contribution in [-0.4, -0.2) is 45.2 Å². The van der Waals surface area contributed by atoms with Gasteiger partial charge in [0.2, 0.25) is 5.91 Å². The van der Waals surface area contributed by atoms with E-state index >= 15 is 0 Å². The van der Waals surface area contributed by atoms with Crippen LogP contribution in [0.25, 0.3) is 5.69 Å². The Balaban J connectivity index is 2.25. The standard InChI is InChI=1S/C16H14ClF7N4O/c1-2-27(11-9-28(26-13(11)17)10-4-3-7-25-8-10)12(29)5-6-14(18,15(19,20)21)16(22,23)24/h3-4,7-9H,2,5-6H2,1H3. The Kier molecular flexibility index (Phi) is 6.45. The lowest BCUT2D eigenvalue weighted by atomic mass is 9.97. The lowest BCUT2D eigenvalue weighted by Crippen LogP contribution is -2.53. The Bertz CT molecular complexity index is 837. The largest absolute Gasteiger partial charge is 0.431 e. The predicted molar refractivity (Wildman–Crippen MR) is 89.6 cm³/mol. The molecule has 0 fully saturated rings. The van der Waals surface area contributed by atoms with Crippen LogP contribution in [0.4, 0.5) is 36.4 Å². The molecular weight excluding hydrogens is 433 g/mol. The van der Waals surface area contributed by atoms with E-state index < -0.39 is 36.8 Å². The molecule has 0 N–H and O–H groups in total. The van der Waals surface area contributed by atoms with Crippen LogP contribution in [0.1, 0.15) is 19.8 Å². The van der Waals surface area contributed by atoms with Gasteiger partial charge in [0, 0.05) is 25.6 Å². The summed E-state index contributed by atoms with van der Waals surface area (Å²) in [6.07, 6.45) is -11.7. The first-order chi connectivity index (χ1) is 13.3. The van der Waals surface area contributed by atoms with Gasteiger partial charge in [-0.1, -0.05) is 11.6 Å². The summed E-state index contributed by atoms with van der Waals surface area (Å²) in [6, 6.07) is 3.19. The third-order valence-electron chi connectivity index (χ3n) is 4.05. The number of carbonyl (C=O) groups is 1. The maximum Gasteiger partial charge on any atom is 0.431 e. The summed E-state index contributed by atoms with van der Waals surface area (Å²) in [4.78, 5) is 17.0. The van der Waals surface area contributed by atoms with Crippen molar-refractivity contribution in [3.8, 4) is 5.69 Å². The van der Waals surface area contributed by atoms with Crippen LogP contribution in [0.5, 0.6) is 0 Å². The molecule has 0 saturated heterocycles. The Morgan fingerprint density at radius 2 is 1.79 bits per heavy atom. The van der Waals surface area contributed by atoms with Gasteiger partial charge in [-0.3, -0.25) is 9.78 Å². The van der Waals surface area contributed by atoms with Crippen LogP contribution in [0.3, 0.4) is 0 Å². The van der Waals surface area contributed by atoms with Gasteiger partial charge in [0.15, 0.2) is 5.15 Å². The van der Waals surface area contributed by atoms with Crippen molar-refractivity contribution < 1.29 is 35.5 Å². The Labute approximate surface area is 165 Å². The number of nitrogens with zero attached hydrogens (tertiary/aromatic N) is 4. The number of alkyl halides is 7. The average molecular weight is 447 g/mol. The van der Waals surface area contributed by atoms with Crippen LogP contribution >= 0.6 is 11.6 Å². The minimum atomic E-state index is -6.22. The highest BCUT2D eigenvalue weighted by Gasteiger charge is 2.72. The molecule has 2 aromatic rings. The number of carbonyl (C=O) groups excluding carboxylic acids is 1. The molecule has 1 amide bonds. The second-order valence-corrected chi connectivity index (χ2v) is 6.25. The Hall–Kier alpha value is -2.37. The highest BCUT2D eigenvalue weighted by atomic mass is 35.5. The van der Waals surface area contributed by atoms with Crippen molar-refractivity contribution in [1.29, 1.82) is 0 Å². The summed E-state index contributed by atoms with van der Waals surface area (Å²) in [7, 11) is 0. The molecule has 0 aromatic carbocycles.